The third kappa shape index (κ3) is 3.31. The van der Waals surface area contributed by atoms with Crippen LogP contribution >= 0.6 is 0 Å². The SMILES string of the molecule is O=C(O)COCC(F)(F)c1ccc2c(c1)OCCO2. The van der Waals surface area contributed by atoms with Gasteiger partial charge in [-0.1, -0.05) is 0 Å². The summed E-state index contributed by atoms with van der Waals surface area (Å²) in [5.41, 5.74) is -0.304. The van der Waals surface area contributed by atoms with Crippen molar-refractivity contribution >= 4 is 5.97 Å². The molecule has 2 rings (SSSR count). The first-order valence-corrected chi connectivity index (χ1v) is 5.56. The molecule has 19 heavy (non-hydrogen) atoms. The summed E-state index contributed by atoms with van der Waals surface area (Å²) in [5, 5.41) is 8.33. The highest BCUT2D eigenvalue weighted by molar-refractivity contribution is 5.68. The average Bonchev–Trinajstić information content (AvgIpc) is 2.37. The van der Waals surface area contributed by atoms with E-state index >= 15 is 0 Å². The van der Waals surface area contributed by atoms with Crippen LogP contribution in [0.3, 0.4) is 0 Å². The van der Waals surface area contributed by atoms with Crippen molar-refractivity contribution in [1.82, 2.24) is 0 Å². The first-order chi connectivity index (χ1) is 8.99. The summed E-state index contributed by atoms with van der Waals surface area (Å²) >= 11 is 0. The first-order valence-electron chi connectivity index (χ1n) is 5.56. The number of halogens is 2. The number of hydrogen-bond acceptors (Lipinski definition) is 4. The molecule has 0 aliphatic carbocycles. The van der Waals surface area contributed by atoms with Crippen LogP contribution in [0.4, 0.5) is 8.78 Å². The maximum absolute atomic E-state index is 13.8. The molecule has 0 aromatic heterocycles. The lowest BCUT2D eigenvalue weighted by Gasteiger charge is -2.21. The molecule has 0 fully saturated rings. The number of alkyl halides is 2. The Morgan fingerprint density at radius 2 is 2.00 bits per heavy atom. The molecule has 0 amide bonds. The second kappa shape index (κ2) is 5.40. The molecule has 1 aromatic rings. The summed E-state index contributed by atoms with van der Waals surface area (Å²) in [4.78, 5) is 10.2. The number of benzene rings is 1. The van der Waals surface area contributed by atoms with E-state index in [0.717, 1.165) is 0 Å². The predicted octanol–water partition coefficient (Wildman–Crippen LogP) is 1.65. The molecule has 0 atom stereocenters. The van der Waals surface area contributed by atoms with Crippen molar-refractivity contribution in [1.29, 1.82) is 0 Å². The topological polar surface area (TPSA) is 65.0 Å². The fourth-order valence-corrected chi connectivity index (χ4v) is 1.62. The van der Waals surface area contributed by atoms with Gasteiger partial charge in [0.25, 0.3) is 5.92 Å². The number of carbonyl (C=O) groups is 1. The lowest BCUT2D eigenvalue weighted by Crippen LogP contribution is -2.24. The van der Waals surface area contributed by atoms with Crippen LogP contribution in [-0.2, 0) is 15.5 Å². The van der Waals surface area contributed by atoms with Crippen molar-refractivity contribution in [2.75, 3.05) is 26.4 Å². The molecule has 1 N–H and O–H groups in total. The Balaban J connectivity index is 2.09. The van der Waals surface area contributed by atoms with E-state index in [9.17, 15) is 13.6 Å². The van der Waals surface area contributed by atoms with Gasteiger partial charge in [-0.25, -0.2) is 4.79 Å². The molecule has 1 heterocycles. The van der Waals surface area contributed by atoms with Crippen molar-refractivity contribution in [3.63, 3.8) is 0 Å². The van der Waals surface area contributed by atoms with Crippen molar-refractivity contribution in [2.24, 2.45) is 0 Å². The fourth-order valence-electron chi connectivity index (χ4n) is 1.62. The van der Waals surface area contributed by atoms with Gasteiger partial charge < -0.3 is 19.3 Å². The lowest BCUT2D eigenvalue weighted by molar-refractivity contribution is -0.147. The number of carboxylic acids is 1. The summed E-state index contributed by atoms with van der Waals surface area (Å²) in [6.45, 7) is -1.08. The summed E-state index contributed by atoms with van der Waals surface area (Å²) in [6.07, 6.45) is 0. The third-order valence-corrected chi connectivity index (χ3v) is 2.47. The normalized spacial score (nSPS) is 14.2. The molecule has 0 spiro atoms. The van der Waals surface area contributed by atoms with Gasteiger partial charge in [0.15, 0.2) is 11.5 Å². The molecule has 7 heteroatoms. The van der Waals surface area contributed by atoms with E-state index in [4.69, 9.17) is 14.6 Å². The van der Waals surface area contributed by atoms with Crippen molar-refractivity contribution in [3.8, 4) is 11.5 Å². The van der Waals surface area contributed by atoms with Crippen LogP contribution in [0, 0.1) is 0 Å². The predicted molar refractivity (Wildman–Crippen MR) is 59.8 cm³/mol. The summed E-state index contributed by atoms with van der Waals surface area (Å²) in [5.74, 6) is -3.91. The number of carboxylic acid groups (broad SMARTS) is 1. The fraction of sp³-hybridized carbons (Fsp3) is 0.417. The van der Waals surface area contributed by atoms with E-state index < -0.39 is 25.1 Å². The highest BCUT2D eigenvalue weighted by Crippen LogP contribution is 2.36. The Bertz CT molecular complexity index is 475. The Morgan fingerprint density at radius 3 is 2.68 bits per heavy atom. The van der Waals surface area contributed by atoms with Crippen LogP contribution in [0.5, 0.6) is 11.5 Å². The van der Waals surface area contributed by atoms with Gasteiger partial charge in [-0.2, -0.15) is 8.78 Å². The van der Waals surface area contributed by atoms with Gasteiger partial charge in [-0.15, -0.1) is 0 Å². The smallest absolute Gasteiger partial charge is 0.329 e. The van der Waals surface area contributed by atoms with Crippen molar-refractivity contribution < 1.29 is 32.9 Å². The molecular weight excluding hydrogens is 262 g/mol. The number of aliphatic carboxylic acids is 1. The molecule has 0 saturated heterocycles. The van der Waals surface area contributed by atoms with E-state index in [1.165, 1.54) is 18.2 Å². The van der Waals surface area contributed by atoms with Gasteiger partial charge in [0.1, 0.15) is 26.4 Å². The van der Waals surface area contributed by atoms with Gasteiger partial charge in [0.2, 0.25) is 0 Å². The van der Waals surface area contributed by atoms with E-state index in [0.29, 0.717) is 19.0 Å². The van der Waals surface area contributed by atoms with Crippen molar-refractivity contribution in [3.05, 3.63) is 23.8 Å². The zero-order valence-electron chi connectivity index (χ0n) is 9.90. The van der Waals surface area contributed by atoms with Crippen LogP contribution in [0.15, 0.2) is 18.2 Å². The number of ether oxygens (including phenoxy) is 3. The van der Waals surface area contributed by atoms with Crippen LogP contribution in [0.2, 0.25) is 0 Å². The minimum absolute atomic E-state index is 0.252. The molecule has 0 bridgehead atoms. The number of fused-ring (bicyclic) bond motifs is 1. The minimum Gasteiger partial charge on any atom is -0.486 e. The van der Waals surface area contributed by atoms with Crippen LogP contribution in [0.25, 0.3) is 0 Å². The average molecular weight is 274 g/mol. The molecule has 0 saturated carbocycles. The highest BCUT2D eigenvalue weighted by Gasteiger charge is 2.33. The van der Waals surface area contributed by atoms with Crippen LogP contribution in [-0.4, -0.2) is 37.5 Å². The zero-order chi connectivity index (χ0) is 13.9. The van der Waals surface area contributed by atoms with E-state index in [2.05, 4.69) is 4.74 Å². The van der Waals surface area contributed by atoms with E-state index in [1.54, 1.807) is 0 Å². The first kappa shape index (κ1) is 13.5. The quantitative estimate of drug-likeness (QED) is 0.884. The van der Waals surface area contributed by atoms with Gasteiger partial charge >= 0.3 is 5.97 Å². The van der Waals surface area contributed by atoms with Gasteiger partial charge in [0.05, 0.1) is 0 Å². The number of rotatable bonds is 5. The monoisotopic (exact) mass is 274 g/mol. The molecule has 0 radical (unpaired) electrons. The molecule has 5 nitrogen and oxygen atoms in total. The zero-order valence-corrected chi connectivity index (χ0v) is 9.90. The Kier molecular flexibility index (Phi) is 3.84. The van der Waals surface area contributed by atoms with E-state index in [-0.39, 0.29) is 11.3 Å². The maximum atomic E-state index is 13.8. The summed E-state index contributed by atoms with van der Waals surface area (Å²) in [6, 6.07) is 3.78. The highest BCUT2D eigenvalue weighted by atomic mass is 19.3. The van der Waals surface area contributed by atoms with E-state index in [1.807, 2.05) is 0 Å². The Labute approximate surface area is 107 Å². The largest absolute Gasteiger partial charge is 0.486 e. The summed E-state index contributed by atoms with van der Waals surface area (Å²) < 4.78 is 42.4. The molecule has 104 valence electrons. The second-order valence-corrected chi connectivity index (χ2v) is 3.95. The minimum atomic E-state index is -3.29. The third-order valence-electron chi connectivity index (χ3n) is 2.47. The number of hydrogen-bond donors (Lipinski definition) is 1. The molecule has 1 aliphatic heterocycles. The van der Waals surface area contributed by atoms with Gasteiger partial charge in [-0.3, -0.25) is 0 Å². The second-order valence-electron chi connectivity index (χ2n) is 3.95. The lowest BCUT2D eigenvalue weighted by atomic mass is 10.1. The van der Waals surface area contributed by atoms with Gasteiger partial charge in [0, 0.05) is 5.56 Å². The standard InChI is InChI=1S/C12H12F2O5/c13-12(14,7-17-6-11(15)16)8-1-2-9-10(5-8)19-4-3-18-9/h1-2,5H,3-4,6-7H2,(H,15,16). The summed E-state index contributed by atoms with van der Waals surface area (Å²) in [7, 11) is 0. The molecule has 1 aliphatic rings. The molecule has 1 aromatic carbocycles. The van der Waals surface area contributed by atoms with Crippen LogP contribution < -0.4 is 9.47 Å². The maximum Gasteiger partial charge on any atom is 0.329 e. The Hall–Kier alpha value is -1.89. The van der Waals surface area contributed by atoms with Crippen molar-refractivity contribution in [2.45, 2.75) is 5.92 Å². The Morgan fingerprint density at radius 1 is 1.32 bits per heavy atom. The van der Waals surface area contributed by atoms with Gasteiger partial charge in [-0.05, 0) is 18.2 Å². The molecular formula is C12H12F2O5. The van der Waals surface area contributed by atoms with Crippen LogP contribution in [0.1, 0.15) is 5.56 Å². The molecule has 0 unspecified atom stereocenters.